The Balaban J connectivity index is 1.74. The number of carbonyl (C=O) groups is 1. The standard InChI is InChI=1S/C28H33F3N4O2/c1-4-23-33-27(37-5-2)25-22(16-13-19-11-14-21(15-12-19)28(29,30)31)34(17-18-35(23)25)24(26(36)32-3)20-9-7-6-8-10-20/h6-12,14-15,22,24H,4-5,13,16-18H2,1-3H3,(H,32,36)/t22?,24-/m1/s1. The maximum Gasteiger partial charge on any atom is 0.416 e. The number of benzene rings is 2. The Morgan fingerprint density at radius 1 is 1.11 bits per heavy atom. The van der Waals surface area contributed by atoms with Crippen LogP contribution in [0.15, 0.2) is 54.6 Å². The number of hydrogen-bond donors (Lipinski definition) is 1. The van der Waals surface area contributed by atoms with Gasteiger partial charge in [-0.1, -0.05) is 49.4 Å². The summed E-state index contributed by atoms with van der Waals surface area (Å²) in [5, 5.41) is 2.81. The first kappa shape index (κ1) is 26.7. The SMILES string of the molecule is CCOc1nc(CC)n2c1C(CCc1ccc(C(F)(F)F)cc1)N([C@@H](C(=O)NC)c1ccccc1)CC2. The van der Waals surface area contributed by atoms with Gasteiger partial charge in [0, 0.05) is 26.6 Å². The molecule has 0 aliphatic carbocycles. The molecule has 0 fully saturated rings. The maximum atomic E-state index is 13.2. The number of imidazole rings is 1. The van der Waals surface area contributed by atoms with Crippen molar-refractivity contribution in [3.63, 3.8) is 0 Å². The third kappa shape index (κ3) is 5.66. The zero-order valence-corrected chi connectivity index (χ0v) is 21.4. The Kier molecular flexibility index (Phi) is 8.22. The number of carbonyl (C=O) groups excluding carboxylic acids is 1. The van der Waals surface area contributed by atoms with Crippen LogP contribution in [0.5, 0.6) is 5.88 Å². The maximum absolute atomic E-state index is 13.2. The number of rotatable bonds is 9. The number of hydrogen-bond acceptors (Lipinski definition) is 4. The number of nitrogens with one attached hydrogen (secondary N) is 1. The topological polar surface area (TPSA) is 59.4 Å². The quantitative estimate of drug-likeness (QED) is 0.419. The lowest BCUT2D eigenvalue weighted by atomic mass is 9.95. The summed E-state index contributed by atoms with van der Waals surface area (Å²) in [6.07, 6.45) is -2.51. The summed E-state index contributed by atoms with van der Waals surface area (Å²) in [5.41, 5.74) is 1.93. The molecule has 3 aromatic rings. The van der Waals surface area contributed by atoms with Gasteiger partial charge in [0.2, 0.25) is 11.8 Å². The van der Waals surface area contributed by atoms with Crippen LogP contribution < -0.4 is 10.1 Å². The first-order valence-corrected chi connectivity index (χ1v) is 12.7. The zero-order chi connectivity index (χ0) is 26.6. The average molecular weight is 515 g/mol. The van der Waals surface area contributed by atoms with Gasteiger partial charge in [0.05, 0.1) is 23.9 Å². The Hall–Kier alpha value is -3.33. The van der Waals surface area contributed by atoms with Gasteiger partial charge in [-0.15, -0.1) is 0 Å². The molecule has 1 aliphatic rings. The van der Waals surface area contributed by atoms with E-state index in [-0.39, 0.29) is 11.9 Å². The molecule has 4 rings (SSSR count). The van der Waals surface area contributed by atoms with Gasteiger partial charge >= 0.3 is 6.18 Å². The molecule has 1 N–H and O–H groups in total. The van der Waals surface area contributed by atoms with E-state index in [4.69, 9.17) is 9.72 Å². The van der Waals surface area contributed by atoms with E-state index >= 15 is 0 Å². The number of fused-ring (bicyclic) bond motifs is 1. The summed E-state index contributed by atoms with van der Waals surface area (Å²) < 4.78 is 47.3. The van der Waals surface area contributed by atoms with Crippen molar-refractivity contribution in [1.82, 2.24) is 19.8 Å². The first-order valence-electron chi connectivity index (χ1n) is 12.7. The highest BCUT2D eigenvalue weighted by atomic mass is 19.4. The molecule has 6 nitrogen and oxygen atoms in total. The van der Waals surface area contributed by atoms with Gasteiger partial charge in [-0.05, 0) is 43.0 Å². The molecule has 0 spiro atoms. The van der Waals surface area contributed by atoms with Crippen LogP contribution in [0.1, 0.15) is 60.6 Å². The molecule has 198 valence electrons. The van der Waals surface area contributed by atoms with Crippen molar-refractivity contribution in [1.29, 1.82) is 0 Å². The van der Waals surface area contributed by atoms with Crippen LogP contribution in [0.2, 0.25) is 0 Å². The highest BCUT2D eigenvalue weighted by Gasteiger charge is 2.40. The van der Waals surface area contributed by atoms with Gasteiger partial charge in [0.15, 0.2) is 0 Å². The number of likely N-dealkylation sites (N-methyl/N-ethyl adjacent to an activating group) is 1. The van der Waals surface area contributed by atoms with Crippen molar-refractivity contribution >= 4 is 5.91 Å². The Morgan fingerprint density at radius 2 is 1.81 bits per heavy atom. The minimum Gasteiger partial charge on any atom is -0.477 e. The van der Waals surface area contributed by atoms with Crippen LogP contribution in [0, 0.1) is 0 Å². The number of ether oxygens (including phenoxy) is 1. The van der Waals surface area contributed by atoms with Crippen LogP contribution in [0.4, 0.5) is 13.2 Å². The third-order valence-electron chi connectivity index (χ3n) is 6.88. The third-order valence-corrected chi connectivity index (χ3v) is 6.88. The molecule has 1 amide bonds. The number of alkyl halides is 3. The van der Waals surface area contributed by atoms with Gasteiger partial charge in [0.25, 0.3) is 0 Å². The van der Waals surface area contributed by atoms with Crippen molar-refractivity contribution in [3.05, 3.63) is 82.8 Å². The predicted molar refractivity (Wildman–Crippen MR) is 135 cm³/mol. The van der Waals surface area contributed by atoms with Gasteiger partial charge in [-0.25, -0.2) is 0 Å². The summed E-state index contributed by atoms with van der Waals surface area (Å²) in [6.45, 7) is 5.69. The molecule has 1 aromatic heterocycles. The summed E-state index contributed by atoms with van der Waals surface area (Å²) in [5.74, 6) is 1.37. The molecule has 0 bridgehead atoms. The van der Waals surface area contributed by atoms with Crippen molar-refractivity contribution in [2.45, 2.75) is 57.9 Å². The first-order chi connectivity index (χ1) is 17.8. The molecule has 9 heteroatoms. The van der Waals surface area contributed by atoms with Crippen molar-refractivity contribution in [3.8, 4) is 5.88 Å². The van der Waals surface area contributed by atoms with Crippen LogP contribution in [-0.2, 0) is 30.4 Å². The van der Waals surface area contributed by atoms with Crippen LogP contribution in [0.25, 0.3) is 0 Å². The molecule has 37 heavy (non-hydrogen) atoms. The number of halogens is 3. The number of nitrogens with zero attached hydrogens (tertiary/aromatic N) is 3. The Bertz CT molecular complexity index is 1190. The van der Waals surface area contributed by atoms with Crippen LogP contribution in [0.3, 0.4) is 0 Å². The molecule has 0 saturated carbocycles. The molecule has 2 atom stereocenters. The van der Waals surface area contributed by atoms with E-state index in [2.05, 4.69) is 14.8 Å². The van der Waals surface area contributed by atoms with Gasteiger partial charge < -0.3 is 14.6 Å². The van der Waals surface area contributed by atoms with E-state index in [1.54, 1.807) is 7.05 Å². The average Bonchev–Trinajstić information content (AvgIpc) is 3.26. The van der Waals surface area contributed by atoms with E-state index in [1.807, 2.05) is 44.2 Å². The molecule has 1 unspecified atom stereocenters. The molecule has 2 heterocycles. The Morgan fingerprint density at radius 3 is 2.41 bits per heavy atom. The van der Waals surface area contributed by atoms with Gasteiger partial charge in [-0.2, -0.15) is 18.2 Å². The minimum atomic E-state index is -4.37. The summed E-state index contributed by atoms with van der Waals surface area (Å²) in [6, 6.07) is 14.2. The van der Waals surface area contributed by atoms with Crippen molar-refractivity contribution in [2.24, 2.45) is 0 Å². The van der Waals surface area contributed by atoms with E-state index in [9.17, 15) is 18.0 Å². The summed E-state index contributed by atoms with van der Waals surface area (Å²) >= 11 is 0. The van der Waals surface area contributed by atoms with E-state index < -0.39 is 17.8 Å². The second kappa shape index (κ2) is 11.4. The van der Waals surface area contributed by atoms with Crippen LogP contribution >= 0.6 is 0 Å². The fourth-order valence-electron chi connectivity index (χ4n) is 5.14. The van der Waals surface area contributed by atoms with Crippen molar-refractivity contribution < 1.29 is 22.7 Å². The molecule has 0 radical (unpaired) electrons. The summed E-state index contributed by atoms with van der Waals surface area (Å²) in [7, 11) is 1.63. The number of aromatic nitrogens is 2. The second-order valence-corrected chi connectivity index (χ2v) is 9.07. The lowest BCUT2D eigenvalue weighted by Gasteiger charge is -2.41. The smallest absolute Gasteiger partial charge is 0.416 e. The normalized spacial score (nSPS) is 16.8. The minimum absolute atomic E-state index is 0.118. The molecular weight excluding hydrogens is 481 g/mol. The van der Waals surface area contributed by atoms with Gasteiger partial charge in [0.1, 0.15) is 11.9 Å². The van der Waals surface area contributed by atoms with E-state index in [0.717, 1.165) is 41.2 Å². The zero-order valence-electron chi connectivity index (χ0n) is 21.4. The highest BCUT2D eigenvalue weighted by molar-refractivity contribution is 5.83. The van der Waals surface area contributed by atoms with Crippen LogP contribution in [-0.4, -0.2) is 40.6 Å². The fraction of sp³-hybridized carbons (Fsp3) is 0.429. The monoisotopic (exact) mass is 514 g/mol. The second-order valence-electron chi connectivity index (χ2n) is 9.07. The van der Waals surface area contributed by atoms with E-state index in [0.29, 0.717) is 38.4 Å². The van der Waals surface area contributed by atoms with Gasteiger partial charge in [-0.3, -0.25) is 9.69 Å². The lowest BCUT2D eigenvalue weighted by Crippen LogP contribution is -2.46. The Labute approximate surface area is 215 Å². The predicted octanol–water partition coefficient (Wildman–Crippen LogP) is 5.34. The number of aryl methyl sites for hydroxylation is 2. The van der Waals surface area contributed by atoms with Crippen molar-refractivity contribution in [2.75, 3.05) is 20.2 Å². The molecule has 2 aromatic carbocycles. The molecule has 0 saturated heterocycles. The molecule has 1 aliphatic heterocycles. The fourth-order valence-corrected chi connectivity index (χ4v) is 5.14. The van der Waals surface area contributed by atoms with E-state index in [1.165, 1.54) is 12.1 Å². The largest absolute Gasteiger partial charge is 0.477 e. The number of amides is 1. The summed E-state index contributed by atoms with van der Waals surface area (Å²) in [4.78, 5) is 20.2. The molecular formula is C28H33F3N4O2. The lowest BCUT2D eigenvalue weighted by molar-refractivity contribution is -0.137. The highest BCUT2D eigenvalue weighted by Crippen LogP contribution is 2.41.